The normalized spacial score (nSPS) is 20.2. The number of aromatic nitrogens is 2. The minimum atomic E-state index is -0.156. The number of nitrogens with one attached hydrogen (secondary N) is 1. The summed E-state index contributed by atoms with van der Waals surface area (Å²) in [6.45, 7) is 3.09. The average Bonchev–Trinajstić information content (AvgIpc) is 3.28. The molecule has 5 heteroatoms. The summed E-state index contributed by atoms with van der Waals surface area (Å²) >= 11 is 1.77. The number of pyridine rings is 1. The third-order valence-electron chi connectivity index (χ3n) is 4.60. The van der Waals surface area contributed by atoms with Crippen LogP contribution in [0.1, 0.15) is 34.6 Å². The van der Waals surface area contributed by atoms with Crippen LogP contribution in [0.15, 0.2) is 55.0 Å². The Balaban J connectivity index is 1.61. The number of hydrogen-bond acceptors (Lipinski definition) is 4. The zero-order valence-electron chi connectivity index (χ0n) is 14.2. The number of hydrogen-bond donors (Lipinski definition) is 1. The maximum atomic E-state index is 13.2. The van der Waals surface area contributed by atoms with Crippen LogP contribution in [-0.2, 0) is 6.54 Å². The summed E-state index contributed by atoms with van der Waals surface area (Å²) in [5.74, 6) is 0.969. The zero-order chi connectivity index (χ0) is 17.2. The van der Waals surface area contributed by atoms with Gasteiger partial charge in [-0.1, -0.05) is 31.2 Å². The molecule has 2 atom stereocenters. The molecule has 3 heterocycles. The largest absolute Gasteiger partial charge is 0.347 e. The first-order valence-electron chi connectivity index (χ1n) is 8.67. The van der Waals surface area contributed by atoms with Crippen molar-refractivity contribution in [2.24, 2.45) is 0 Å². The topological polar surface area (TPSA) is 46.9 Å². The first kappa shape index (κ1) is 16.4. The van der Waals surface area contributed by atoms with Crippen LogP contribution >= 0.6 is 11.8 Å². The fraction of sp³-hybridized carbons (Fsp3) is 0.300. The van der Waals surface area contributed by atoms with Gasteiger partial charge in [0.15, 0.2) is 5.78 Å². The van der Waals surface area contributed by atoms with E-state index in [0.717, 1.165) is 40.7 Å². The summed E-state index contributed by atoms with van der Waals surface area (Å²) in [7, 11) is 0. The Bertz CT molecular complexity index is 890. The highest BCUT2D eigenvalue weighted by molar-refractivity contribution is 7.99. The lowest BCUT2D eigenvalue weighted by Crippen LogP contribution is -2.34. The zero-order valence-corrected chi connectivity index (χ0v) is 15.0. The molecule has 25 heavy (non-hydrogen) atoms. The maximum Gasteiger partial charge on any atom is 0.182 e. The predicted octanol–water partition coefficient (Wildman–Crippen LogP) is 4.03. The minimum absolute atomic E-state index is 0.131. The van der Waals surface area contributed by atoms with Gasteiger partial charge in [-0.3, -0.25) is 15.1 Å². The Morgan fingerprint density at radius 1 is 1.32 bits per heavy atom. The number of para-hydroxylation sites is 1. The van der Waals surface area contributed by atoms with E-state index in [-0.39, 0.29) is 17.2 Å². The van der Waals surface area contributed by atoms with Gasteiger partial charge in [0.25, 0.3) is 0 Å². The van der Waals surface area contributed by atoms with Gasteiger partial charge in [-0.05, 0) is 24.1 Å². The van der Waals surface area contributed by atoms with Crippen LogP contribution in [0.3, 0.4) is 0 Å². The van der Waals surface area contributed by atoms with Gasteiger partial charge in [0.05, 0.1) is 11.4 Å². The number of Topliss-reactive ketones (excluding diaryl/α,β-unsaturated/α-hetero) is 1. The van der Waals surface area contributed by atoms with E-state index in [1.807, 2.05) is 30.6 Å². The maximum absolute atomic E-state index is 13.2. The molecule has 1 aliphatic heterocycles. The van der Waals surface area contributed by atoms with Crippen LogP contribution in [-0.4, -0.2) is 27.1 Å². The summed E-state index contributed by atoms with van der Waals surface area (Å²) in [6.07, 6.45) is 6.71. The molecule has 0 amide bonds. The van der Waals surface area contributed by atoms with Gasteiger partial charge in [0, 0.05) is 47.4 Å². The highest BCUT2D eigenvalue weighted by Crippen LogP contribution is 2.34. The number of carbonyl (C=O) groups is 1. The summed E-state index contributed by atoms with van der Waals surface area (Å²) in [5.41, 5.74) is 3.09. The molecular weight excluding hydrogens is 330 g/mol. The number of rotatable bonds is 5. The second-order valence-corrected chi connectivity index (χ2v) is 7.47. The van der Waals surface area contributed by atoms with Crippen LogP contribution in [0.25, 0.3) is 10.9 Å². The quantitative estimate of drug-likeness (QED) is 0.705. The molecule has 1 fully saturated rings. The van der Waals surface area contributed by atoms with Crippen molar-refractivity contribution < 1.29 is 4.79 Å². The van der Waals surface area contributed by atoms with Gasteiger partial charge in [-0.2, -0.15) is 0 Å². The molecule has 0 aliphatic carbocycles. The molecule has 0 bridgehead atoms. The highest BCUT2D eigenvalue weighted by atomic mass is 32.2. The van der Waals surface area contributed by atoms with E-state index in [0.29, 0.717) is 0 Å². The van der Waals surface area contributed by atoms with Crippen molar-refractivity contribution >= 4 is 28.4 Å². The molecule has 0 spiro atoms. The fourth-order valence-corrected chi connectivity index (χ4v) is 4.63. The average molecular weight is 351 g/mol. The molecule has 2 aromatic heterocycles. The number of thioether (sulfide) groups is 1. The van der Waals surface area contributed by atoms with E-state index in [4.69, 9.17) is 0 Å². The smallest absolute Gasteiger partial charge is 0.182 e. The summed E-state index contributed by atoms with van der Waals surface area (Å²) in [6, 6.07) is 12.0. The van der Waals surface area contributed by atoms with E-state index < -0.39 is 0 Å². The van der Waals surface area contributed by atoms with Gasteiger partial charge in [-0.25, -0.2) is 0 Å². The molecule has 0 radical (unpaired) electrons. The van der Waals surface area contributed by atoms with Crippen molar-refractivity contribution in [2.75, 3.05) is 5.75 Å². The first-order valence-corrected chi connectivity index (χ1v) is 9.72. The second kappa shape index (κ2) is 7.02. The van der Waals surface area contributed by atoms with Crippen LogP contribution < -0.4 is 5.32 Å². The lowest BCUT2D eigenvalue weighted by Gasteiger charge is -2.12. The Morgan fingerprint density at radius 3 is 3.00 bits per heavy atom. The van der Waals surface area contributed by atoms with Crippen molar-refractivity contribution in [3.05, 3.63) is 66.1 Å². The SMILES string of the molecule is CCCn1cc(C(=O)C2CSC(c3cccnc3)N2)c2ccccc21. The van der Waals surface area contributed by atoms with Crippen LogP contribution in [0.5, 0.6) is 0 Å². The van der Waals surface area contributed by atoms with E-state index in [1.165, 1.54) is 0 Å². The lowest BCUT2D eigenvalue weighted by atomic mass is 10.0. The van der Waals surface area contributed by atoms with Crippen molar-refractivity contribution in [3.63, 3.8) is 0 Å². The van der Waals surface area contributed by atoms with Crippen molar-refractivity contribution in [2.45, 2.75) is 31.3 Å². The molecule has 0 saturated carbocycles. The number of benzene rings is 1. The number of fused-ring (bicyclic) bond motifs is 1. The Labute approximate surface area is 151 Å². The molecule has 1 aliphatic rings. The van der Waals surface area contributed by atoms with Gasteiger partial charge >= 0.3 is 0 Å². The second-order valence-electron chi connectivity index (χ2n) is 6.34. The van der Waals surface area contributed by atoms with Gasteiger partial charge in [0.2, 0.25) is 0 Å². The molecule has 4 nitrogen and oxygen atoms in total. The molecule has 2 unspecified atom stereocenters. The summed E-state index contributed by atoms with van der Waals surface area (Å²) in [4.78, 5) is 17.3. The monoisotopic (exact) mass is 351 g/mol. The van der Waals surface area contributed by atoms with E-state index in [2.05, 4.69) is 40.0 Å². The van der Waals surface area contributed by atoms with Crippen LogP contribution in [0.2, 0.25) is 0 Å². The van der Waals surface area contributed by atoms with Gasteiger partial charge < -0.3 is 4.57 Å². The fourth-order valence-electron chi connectivity index (χ4n) is 3.40. The van der Waals surface area contributed by atoms with Crippen LogP contribution in [0.4, 0.5) is 0 Å². The predicted molar refractivity (Wildman–Crippen MR) is 103 cm³/mol. The number of ketones is 1. The number of aryl methyl sites for hydroxylation is 1. The Hall–Kier alpha value is -2.11. The third-order valence-corrected chi connectivity index (χ3v) is 5.87. The van der Waals surface area contributed by atoms with Crippen molar-refractivity contribution in [1.29, 1.82) is 0 Å². The van der Waals surface area contributed by atoms with Gasteiger partial charge in [-0.15, -0.1) is 11.8 Å². The molecule has 128 valence electrons. The van der Waals surface area contributed by atoms with E-state index >= 15 is 0 Å². The van der Waals surface area contributed by atoms with E-state index in [9.17, 15) is 4.79 Å². The van der Waals surface area contributed by atoms with E-state index in [1.54, 1.807) is 18.0 Å². The molecule has 1 aromatic carbocycles. The highest BCUT2D eigenvalue weighted by Gasteiger charge is 2.32. The molecule has 3 aromatic rings. The lowest BCUT2D eigenvalue weighted by molar-refractivity contribution is 0.0957. The van der Waals surface area contributed by atoms with Gasteiger partial charge in [0.1, 0.15) is 0 Å². The molecular formula is C20H21N3OS. The summed E-state index contributed by atoms with van der Waals surface area (Å²) < 4.78 is 2.20. The molecule has 4 rings (SSSR count). The molecule has 1 saturated heterocycles. The van der Waals surface area contributed by atoms with Crippen LogP contribution in [0, 0.1) is 0 Å². The summed E-state index contributed by atoms with van der Waals surface area (Å²) in [5, 5.41) is 4.66. The Kier molecular flexibility index (Phi) is 4.59. The Morgan fingerprint density at radius 2 is 2.20 bits per heavy atom. The molecule has 1 N–H and O–H groups in total. The van der Waals surface area contributed by atoms with Crippen molar-refractivity contribution in [3.8, 4) is 0 Å². The third kappa shape index (κ3) is 3.10. The minimum Gasteiger partial charge on any atom is -0.347 e. The standard InChI is InChI=1S/C20H21N3OS/c1-2-10-23-12-16(15-7-3-4-8-18(15)23)19(24)17-13-25-20(22-17)14-6-5-9-21-11-14/h3-9,11-12,17,20,22H,2,10,13H2,1H3. The number of nitrogens with zero attached hydrogens (tertiary/aromatic N) is 2. The number of carbonyl (C=O) groups excluding carboxylic acids is 1. The van der Waals surface area contributed by atoms with Crippen molar-refractivity contribution in [1.82, 2.24) is 14.9 Å². The first-order chi connectivity index (χ1) is 12.3.